The third-order valence-corrected chi connectivity index (χ3v) is 3.48. The number of nitrogens with one attached hydrogen (secondary N) is 1. The van der Waals surface area contributed by atoms with Gasteiger partial charge in [0.1, 0.15) is 0 Å². The van der Waals surface area contributed by atoms with E-state index in [1.807, 2.05) is 6.92 Å². The van der Waals surface area contributed by atoms with Crippen LogP contribution in [-0.4, -0.2) is 68.1 Å². The maximum Gasteiger partial charge on any atom is 0.236 e. The summed E-state index contributed by atoms with van der Waals surface area (Å²) in [4.78, 5) is 16.4. The van der Waals surface area contributed by atoms with Gasteiger partial charge in [0.25, 0.3) is 0 Å². The second-order valence-electron chi connectivity index (χ2n) is 5.18. The van der Waals surface area contributed by atoms with Gasteiger partial charge in [-0.05, 0) is 26.4 Å². The molecule has 1 aliphatic rings. The number of likely N-dealkylation sites (N-methyl/N-ethyl adjacent to an activating group) is 1. The first-order chi connectivity index (χ1) is 8.63. The maximum absolute atomic E-state index is 11.6. The molecule has 1 atom stereocenters. The van der Waals surface area contributed by atoms with Crippen molar-refractivity contribution < 1.29 is 4.79 Å². The summed E-state index contributed by atoms with van der Waals surface area (Å²) in [6, 6.07) is -0.335. The van der Waals surface area contributed by atoms with Crippen LogP contribution in [0.15, 0.2) is 0 Å². The number of hydrogen-bond acceptors (Lipinski definition) is 4. The second kappa shape index (κ2) is 8.45. The fraction of sp³-hybridized carbons (Fsp3) is 0.923. The summed E-state index contributed by atoms with van der Waals surface area (Å²) in [5.74, 6) is -0.00442. The molecule has 1 heterocycles. The minimum Gasteiger partial charge on any atom is -0.355 e. The zero-order chi connectivity index (χ0) is 13.4. The average Bonchev–Trinajstić information content (AvgIpc) is 2.36. The van der Waals surface area contributed by atoms with Gasteiger partial charge in [-0.3, -0.25) is 4.79 Å². The molecule has 5 heteroatoms. The number of carbonyl (C=O) groups is 1. The Morgan fingerprint density at radius 2 is 2.00 bits per heavy atom. The van der Waals surface area contributed by atoms with E-state index in [-0.39, 0.29) is 11.9 Å². The number of nitrogens with two attached hydrogens (primary N) is 1. The van der Waals surface area contributed by atoms with E-state index in [9.17, 15) is 4.79 Å². The van der Waals surface area contributed by atoms with Gasteiger partial charge < -0.3 is 20.9 Å². The second-order valence-corrected chi connectivity index (χ2v) is 5.18. The number of hydrogen-bond donors (Lipinski definition) is 2. The molecule has 0 saturated carbocycles. The van der Waals surface area contributed by atoms with Gasteiger partial charge in [0, 0.05) is 32.7 Å². The van der Waals surface area contributed by atoms with Crippen LogP contribution in [-0.2, 0) is 4.79 Å². The Bertz CT molecular complexity index is 239. The Labute approximate surface area is 111 Å². The molecule has 0 spiro atoms. The summed E-state index contributed by atoms with van der Waals surface area (Å²) in [7, 11) is 2.16. The molecule has 1 amide bonds. The summed E-state index contributed by atoms with van der Waals surface area (Å²) < 4.78 is 0. The van der Waals surface area contributed by atoms with Gasteiger partial charge in [-0.2, -0.15) is 0 Å². The fourth-order valence-electron chi connectivity index (χ4n) is 2.16. The van der Waals surface area contributed by atoms with Crippen molar-refractivity contribution in [3.05, 3.63) is 0 Å². The summed E-state index contributed by atoms with van der Waals surface area (Å²) >= 11 is 0. The molecule has 1 aliphatic heterocycles. The molecule has 3 N–H and O–H groups in total. The molecule has 0 aromatic heterocycles. The maximum atomic E-state index is 11.6. The lowest BCUT2D eigenvalue weighted by molar-refractivity contribution is -0.122. The first-order valence-corrected chi connectivity index (χ1v) is 7.07. The van der Waals surface area contributed by atoms with Crippen LogP contribution in [0.4, 0.5) is 0 Å². The van der Waals surface area contributed by atoms with Crippen molar-refractivity contribution in [2.45, 2.75) is 32.2 Å². The van der Waals surface area contributed by atoms with Crippen LogP contribution in [0.1, 0.15) is 26.2 Å². The predicted molar refractivity (Wildman–Crippen MR) is 74.4 cm³/mol. The van der Waals surface area contributed by atoms with E-state index < -0.39 is 0 Å². The van der Waals surface area contributed by atoms with Gasteiger partial charge in [-0.1, -0.05) is 13.3 Å². The lowest BCUT2D eigenvalue weighted by Gasteiger charge is -2.32. The predicted octanol–water partition coefficient (Wildman–Crippen LogP) is -0.132. The zero-order valence-electron chi connectivity index (χ0n) is 11.8. The van der Waals surface area contributed by atoms with Crippen molar-refractivity contribution in [3.63, 3.8) is 0 Å². The van der Waals surface area contributed by atoms with Crippen LogP contribution in [0.3, 0.4) is 0 Å². The SMILES string of the molecule is CCCC(N)C(=O)NCCCN1CCN(C)CC1. The monoisotopic (exact) mass is 256 g/mol. The topological polar surface area (TPSA) is 61.6 Å². The highest BCUT2D eigenvalue weighted by Crippen LogP contribution is 1.99. The Morgan fingerprint density at radius 1 is 1.33 bits per heavy atom. The summed E-state index contributed by atoms with van der Waals surface area (Å²) in [5, 5.41) is 2.91. The van der Waals surface area contributed by atoms with E-state index >= 15 is 0 Å². The van der Waals surface area contributed by atoms with Gasteiger partial charge in [0.05, 0.1) is 6.04 Å². The first kappa shape index (κ1) is 15.4. The first-order valence-electron chi connectivity index (χ1n) is 7.07. The Morgan fingerprint density at radius 3 is 2.61 bits per heavy atom. The van der Waals surface area contributed by atoms with E-state index in [4.69, 9.17) is 5.73 Å². The van der Waals surface area contributed by atoms with E-state index in [0.29, 0.717) is 0 Å². The largest absolute Gasteiger partial charge is 0.355 e. The van der Waals surface area contributed by atoms with Crippen LogP contribution in [0.5, 0.6) is 0 Å². The molecule has 1 unspecified atom stereocenters. The van der Waals surface area contributed by atoms with Crippen molar-refractivity contribution in [1.29, 1.82) is 0 Å². The van der Waals surface area contributed by atoms with Crippen LogP contribution in [0.25, 0.3) is 0 Å². The number of carbonyl (C=O) groups excluding carboxylic acids is 1. The van der Waals surface area contributed by atoms with Gasteiger partial charge in [-0.25, -0.2) is 0 Å². The Kier molecular flexibility index (Phi) is 7.23. The number of piperazine rings is 1. The Balaban J connectivity index is 2.02. The summed E-state index contributed by atoms with van der Waals surface area (Å²) in [5.41, 5.74) is 5.74. The molecule has 0 radical (unpaired) electrons. The molecule has 106 valence electrons. The molecule has 0 bridgehead atoms. The number of rotatable bonds is 7. The van der Waals surface area contributed by atoms with Gasteiger partial charge in [-0.15, -0.1) is 0 Å². The standard InChI is InChI=1S/C13H28N4O/c1-3-5-12(14)13(18)15-6-4-7-17-10-8-16(2)9-11-17/h12H,3-11,14H2,1-2H3,(H,15,18). The van der Waals surface area contributed by atoms with Gasteiger partial charge >= 0.3 is 0 Å². The summed E-state index contributed by atoms with van der Waals surface area (Å²) in [6.07, 6.45) is 2.73. The third-order valence-electron chi connectivity index (χ3n) is 3.48. The van der Waals surface area contributed by atoms with Gasteiger partial charge in [0.15, 0.2) is 0 Å². The highest BCUT2D eigenvalue weighted by Gasteiger charge is 2.14. The molecule has 0 aromatic carbocycles. The van der Waals surface area contributed by atoms with Crippen LogP contribution >= 0.6 is 0 Å². The van der Waals surface area contributed by atoms with E-state index in [1.54, 1.807) is 0 Å². The van der Waals surface area contributed by atoms with E-state index in [1.165, 1.54) is 0 Å². The quantitative estimate of drug-likeness (QED) is 0.623. The van der Waals surface area contributed by atoms with Crippen molar-refractivity contribution in [3.8, 4) is 0 Å². The van der Waals surface area contributed by atoms with Crippen molar-refractivity contribution in [2.24, 2.45) is 5.73 Å². The van der Waals surface area contributed by atoms with Crippen molar-refractivity contribution in [2.75, 3.05) is 46.3 Å². The number of nitrogens with zero attached hydrogens (tertiary/aromatic N) is 2. The molecule has 0 aromatic rings. The average molecular weight is 256 g/mol. The highest BCUT2D eigenvalue weighted by atomic mass is 16.2. The molecular weight excluding hydrogens is 228 g/mol. The normalized spacial score (nSPS) is 19.7. The molecule has 1 saturated heterocycles. The molecule has 1 fully saturated rings. The third kappa shape index (κ3) is 5.80. The molecule has 1 rings (SSSR count). The van der Waals surface area contributed by atoms with Crippen molar-refractivity contribution in [1.82, 2.24) is 15.1 Å². The lowest BCUT2D eigenvalue weighted by atomic mass is 10.1. The molecule has 0 aliphatic carbocycles. The van der Waals surface area contributed by atoms with E-state index in [0.717, 1.165) is 58.5 Å². The fourth-order valence-corrected chi connectivity index (χ4v) is 2.16. The molecule has 18 heavy (non-hydrogen) atoms. The molecule has 5 nitrogen and oxygen atoms in total. The molecular formula is C13H28N4O. The minimum absolute atomic E-state index is 0.00442. The zero-order valence-corrected chi connectivity index (χ0v) is 11.8. The number of amides is 1. The van der Waals surface area contributed by atoms with Gasteiger partial charge in [0.2, 0.25) is 5.91 Å². The van der Waals surface area contributed by atoms with Crippen molar-refractivity contribution >= 4 is 5.91 Å². The van der Waals surface area contributed by atoms with Crippen LogP contribution in [0.2, 0.25) is 0 Å². The lowest BCUT2D eigenvalue weighted by Crippen LogP contribution is -2.45. The highest BCUT2D eigenvalue weighted by molar-refractivity contribution is 5.81. The van der Waals surface area contributed by atoms with Crippen LogP contribution < -0.4 is 11.1 Å². The smallest absolute Gasteiger partial charge is 0.236 e. The Hall–Kier alpha value is -0.650. The van der Waals surface area contributed by atoms with E-state index in [2.05, 4.69) is 22.2 Å². The minimum atomic E-state index is -0.335. The summed E-state index contributed by atoms with van der Waals surface area (Å²) in [6.45, 7) is 8.42. The van der Waals surface area contributed by atoms with Crippen LogP contribution in [0, 0.1) is 0 Å².